The van der Waals surface area contributed by atoms with Gasteiger partial charge in [-0.1, -0.05) is 5.92 Å². The van der Waals surface area contributed by atoms with Gasteiger partial charge in [0.15, 0.2) is 0 Å². The largest absolute Gasteiger partial charge is 0.444 e. The molecular weight excluding hydrogens is 230 g/mol. The fourth-order valence-electron chi connectivity index (χ4n) is 1.70. The number of ether oxygens (including phenoxy) is 1. The van der Waals surface area contributed by atoms with Crippen molar-refractivity contribution in [2.24, 2.45) is 11.8 Å². The summed E-state index contributed by atoms with van der Waals surface area (Å²) in [5, 5.41) is 2.69. The quantitative estimate of drug-likeness (QED) is 0.779. The van der Waals surface area contributed by atoms with Crippen molar-refractivity contribution in [1.29, 1.82) is 0 Å². The molecule has 1 N–H and O–H groups in total. The number of carbonyl (C=O) groups excluding carboxylic acids is 2. The molecule has 0 saturated heterocycles. The lowest BCUT2D eigenvalue weighted by Gasteiger charge is -2.19. The second-order valence-electron chi connectivity index (χ2n) is 5.55. The van der Waals surface area contributed by atoms with E-state index in [9.17, 15) is 9.59 Å². The molecule has 0 radical (unpaired) electrons. The molecule has 0 aromatic rings. The Morgan fingerprint density at radius 1 is 1.39 bits per heavy atom. The average molecular weight is 251 g/mol. The van der Waals surface area contributed by atoms with Gasteiger partial charge in [0.25, 0.3) is 0 Å². The Bertz CT molecular complexity index is 384. The minimum atomic E-state index is -0.487. The van der Waals surface area contributed by atoms with E-state index in [-0.39, 0.29) is 17.6 Å². The molecule has 1 fully saturated rings. The van der Waals surface area contributed by atoms with Crippen molar-refractivity contribution >= 4 is 11.9 Å². The topological polar surface area (TPSA) is 55.4 Å². The maximum Gasteiger partial charge on any atom is 0.407 e. The molecule has 0 aromatic carbocycles. The SMILES string of the molecule is CC#CCC(=O)[C@@H]1C[C@@H]1CNC(=O)OC(C)(C)C. The number of carbonyl (C=O) groups is 2. The molecule has 0 spiro atoms. The first-order valence-electron chi connectivity index (χ1n) is 6.22. The van der Waals surface area contributed by atoms with Gasteiger partial charge in [0.1, 0.15) is 11.4 Å². The number of alkyl carbamates (subject to hydrolysis) is 1. The van der Waals surface area contributed by atoms with Gasteiger partial charge in [0, 0.05) is 12.5 Å². The van der Waals surface area contributed by atoms with Gasteiger partial charge >= 0.3 is 6.09 Å². The summed E-state index contributed by atoms with van der Waals surface area (Å²) >= 11 is 0. The molecule has 1 aliphatic carbocycles. The van der Waals surface area contributed by atoms with Crippen LogP contribution in [0.1, 0.15) is 40.5 Å². The van der Waals surface area contributed by atoms with Crippen molar-refractivity contribution in [1.82, 2.24) is 5.32 Å². The van der Waals surface area contributed by atoms with E-state index in [1.54, 1.807) is 6.92 Å². The van der Waals surface area contributed by atoms with Crippen LogP contribution in [0.3, 0.4) is 0 Å². The molecule has 18 heavy (non-hydrogen) atoms. The monoisotopic (exact) mass is 251 g/mol. The number of hydrogen-bond donors (Lipinski definition) is 1. The van der Waals surface area contributed by atoms with Gasteiger partial charge in [0.05, 0.1) is 6.42 Å². The van der Waals surface area contributed by atoms with Gasteiger partial charge in [-0.25, -0.2) is 4.79 Å². The smallest absolute Gasteiger partial charge is 0.407 e. The number of ketones is 1. The van der Waals surface area contributed by atoms with Crippen LogP contribution in [-0.4, -0.2) is 24.0 Å². The fourth-order valence-corrected chi connectivity index (χ4v) is 1.70. The molecule has 1 aliphatic rings. The molecule has 1 amide bonds. The third-order valence-corrected chi connectivity index (χ3v) is 2.68. The summed E-state index contributed by atoms with van der Waals surface area (Å²) in [6.45, 7) is 7.69. The summed E-state index contributed by atoms with van der Waals surface area (Å²) in [5.41, 5.74) is -0.487. The maximum absolute atomic E-state index is 11.6. The van der Waals surface area contributed by atoms with Crippen LogP contribution in [0.2, 0.25) is 0 Å². The lowest BCUT2D eigenvalue weighted by molar-refractivity contribution is -0.119. The Kier molecular flexibility index (Phi) is 4.77. The van der Waals surface area contributed by atoms with Crippen LogP contribution in [0, 0.1) is 23.7 Å². The van der Waals surface area contributed by atoms with Crippen molar-refractivity contribution in [3.05, 3.63) is 0 Å². The van der Waals surface area contributed by atoms with Gasteiger partial charge < -0.3 is 10.1 Å². The van der Waals surface area contributed by atoms with Crippen molar-refractivity contribution in [3.63, 3.8) is 0 Å². The van der Waals surface area contributed by atoms with E-state index in [0.29, 0.717) is 13.0 Å². The summed E-state index contributed by atoms with van der Waals surface area (Å²) < 4.78 is 5.12. The lowest BCUT2D eigenvalue weighted by Crippen LogP contribution is -2.33. The highest BCUT2D eigenvalue weighted by atomic mass is 16.6. The van der Waals surface area contributed by atoms with Crippen LogP contribution in [-0.2, 0) is 9.53 Å². The highest BCUT2D eigenvalue weighted by molar-refractivity contribution is 5.85. The zero-order chi connectivity index (χ0) is 13.8. The number of rotatable bonds is 4. The summed E-state index contributed by atoms with van der Waals surface area (Å²) in [4.78, 5) is 23.0. The Morgan fingerprint density at radius 3 is 2.61 bits per heavy atom. The standard InChI is InChI=1S/C14H21NO3/c1-5-6-7-12(16)11-8-10(11)9-15-13(17)18-14(2,3)4/h10-11H,7-9H2,1-4H3,(H,15,17)/t10-,11-/m1/s1. The van der Waals surface area contributed by atoms with E-state index >= 15 is 0 Å². The molecular formula is C14H21NO3. The zero-order valence-corrected chi connectivity index (χ0v) is 11.5. The van der Waals surface area contributed by atoms with Gasteiger partial charge in [-0.3, -0.25) is 4.79 Å². The van der Waals surface area contributed by atoms with Crippen LogP contribution in [0.4, 0.5) is 4.79 Å². The number of nitrogens with one attached hydrogen (secondary N) is 1. The molecule has 0 bridgehead atoms. The highest BCUT2D eigenvalue weighted by Crippen LogP contribution is 2.39. The predicted molar refractivity (Wildman–Crippen MR) is 68.9 cm³/mol. The molecule has 0 aliphatic heterocycles. The predicted octanol–water partition coefficient (Wildman–Crippen LogP) is 2.13. The highest BCUT2D eigenvalue weighted by Gasteiger charge is 2.42. The Hall–Kier alpha value is -1.50. The lowest BCUT2D eigenvalue weighted by atomic mass is 10.1. The van der Waals surface area contributed by atoms with E-state index in [2.05, 4.69) is 17.2 Å². The van der Waals surface area contributed by atoms with Crippen LogP contribution < -0.4 is 5.32 Å². The number of hydrogen-bond acceptors (Lipinski definition) is 3. The first-order chi connectivity index (χ1) is 8.33. The first kappa shape index (κ1) is 14.6. The van der Waals surface area contributed by atoms with Gasteiger partial charge in [-0.05, 0) is 40.0 Å². The minimum Gasteiger partial charge on any atom is -0.444 e. The van der Waals surface area contributed by atoms with Crippen molar-refractivity contribution in [3.8, 4) is 11.8 Å². The van der Waals surface area contributed by atoms with E-state index in [0.717, 1.165) is 6.42 Å². The Labute approximate surface area is 108 Å². The molecule has 1 rings (SSSR count). The molecule has 2 atom stereocenters. The van der Waals surface area contributed by atoms with Gasteiger partial charge in [-0.2, -0.15) is 0 Å². The van der Waals surface area contributed by atoms with E-state index in [1.807, 2.05) is 20.8 Å². The second-order valence-corrected chi connectivity index (χ2v) is 5.55. The van der Waals surface area contributed by atoms with Crippen LogP contribution in [0.25, 0.3) is 0 Å². The zero-order valence-electron chi connectivity index (χ0n) is 11.5. The molecule has 0 unspecified atom stereocenters. The molecule has 0 aromatic heterocycles. The Morgan fingerprint density at radius 2 is 2.06 bits per heavy atom. The molecule has 0 heterocycles. The average Bonchev–Trinajstić information content (AvgIpc) is 3.00. The molecule has 4 heteroatoms. The summed E-state index contributed by atoms with van der Waals surface area (Å²) in [6, 6.07) is 0. The number of amides is 1. The van der Waals surface area contributed by atoms with E-state index in [1.165, 1.54) is 0 Å². The third-order valence-electron chi connectivity index (χ3n) is 2.68. The van der Waals surface area contributed by atoms with Gasteiger partial charge in [-0.15, -0.1) is 5.92 Å². The Balaban J connectivity index is 2.21. The number of Topliss-reactive ketones (excluding diaryl/α,β-unsaturated/α-hetero) is 1. The summed E-state index contributed by atoms with van der Waals surface area (Å²) in [6.07, 6.45) is 0.748. The van der Waals surface area contributed by atoms with E-state index < -0.39 is 11.7 Å². The van der Waals surface area contributed by atoms with Crippen LogP contribution in [0.15, 0.2) is 0 Å². The maximum atomic E-state index is 11.6. The normalized spacial score (nSPS) is 21.6. The molecule has 100 valence electrons. The van der Waals surface area contributed by atoms with Crippen molar-refractivity contribution < 1.29 is 14.3 Å². The first-order valence-corrected chi connectivity index (χ1v) is 6.22. The fraction of sp³-hybridized carbons (Fsp3) is 0.714. The van der Waals surface area contributed by atoms with E-state index in [4.69, 9.17) is 4.74 Å². The van der Waals surface area contributed by atoms with Gasteiger partial charge in [0.2, 0.25) is 0 Å². The summed E-state index contributed by atoms with van der Waals surface area (Å²) in [5.74, 6) is 5.99. The third kappa shape index (κ3) is 5.22. The molecule has 4 nitrogen and oxygen atoms in total. The van der Waals surface area contributed by atoms with Crippen LogP contribution in [0.5, 0.6) is 0 Å². The summed E-state index contributed by atoms with van der Waals surface area (Å²) in [7, 11) is 0. The van der Waals surface area contributed by atoms with Crippen molar-refractivity contribution in [2.45, 2.75) is 46.1 Å². The van der Waals surface area contributed by atoms with Crippen LogP contribution >= 0.6 is 0 Å². The minimum absolute atomic E-state index is 0.0702. The van der Waals surface area contributed by atoms with Crippen molar-refractivity contribution in [2.75, 3.05) is 6.54 Å². The molecule has 1 saturated carbocycles. The second kappa shape index (κ2) is 5.90.